The van der Waals surface area contributed by atoms with Gasteiger partial charge in [-0.2, -0.15) is 0 Å². The Morgan fingerprint density at radius 1 is 1.22 bits per heavy atom. The number of phenolic OH excluding ortho intramolecular Hbond substituents is 1. The van der Waals surface area contributed by atoms with Gasteiger partial charge in [0.15, 0.2) is 5.78 Å². The molecule has 1 heterocycles. The number of fused-ring (bicyclic) bond motifs is 1. The topological polar surface area (TPSA) is 50.4 Å². The van der Waals surface area contributed by atoms with Gasteiger partial charge in [-0.25, -0.2) is 0 Å². The zero-order chi connectivity index (χ0) is 16.7. The maximum Gasteiger partial charge on any atom is 0.197 e. The van der Waals surface area contributed by atoms with E-state index in [0.717, 1.165) is 16.5 Å². The summed E-state index contributed by atoms with van der Waals surface area (Å²) in [4.78, 5) is 13.1. The molecule has 1 aromatic heterocycles. The minimum absolute atomic E-state index is 0.0641. The molecule has 0 aliphatic rings. The molecule has 0 fully saturated rings. The minimum Gasteiger partial charge on any atom is -0.506 e. The Hall–Kier alpha value is -1.09. The van der Waals surface area contributed by atoms with Crippen molar-refractivity contribution >= 4 is 61.9 Å². The first-order chi connectivity index (χ1) is 10.9. The fourth-order valence-corrected chi connectivity index (χ4v) is 4.47. The summed E-state index contributed by atoms with van der Waals surface area (Å²) in [5, 5.41) is 10.8. The summed E-state index contributed by atoms with van der Waals surface area (Å²) in [6.07, 6.45) is 0.654. The first-order valence-electron chi connectivity index (χ1n) is 7.17. The first-order valence-corrected chi connectivity index (χ1v) is 9.33. The molecule has 0 bridgehead atoms. The second-order valence-corrected chi connectivity index (χ2v) is 7.64. The molecule has 0 amide bonds. The third kappa shape index (κ3) is 2.88. The highest BCUT2D eigenvalue weighted by molar-refractivity contribution is 14.1. The molecule has 3 aromatic rings. The zero-order valence-electron chi connectivity index (χ0n) is 12.6. The lowest BCUT2D eigenvalue weighted by molar-refractivity contribution is 0.103. The number of carbonyl (C=O) groups is 1. The van der Waals surface area contributed by atoms with Crippen LogP contribution in [0.3, 0.4) is 0 Å². The second-order valence-electron chi connectivity index (χ2n) is 5.32. The van der Waals surface area contributed by atoms with E-state index in [2.05, 4.69) is 0 Å². The molecule has 23 heavy (non-hydrogen) atoms. The summed E-state index contributed by atoms with van der Waals surface area (Å²) in [5.74, 6) is 0.856. The summed E-state index contributed by atoms with van der Waals surface area (Å²) in [6, 6.07) is 9.25. The van der Waals surface area contributed by atoms with Crippen LogP contribution in [0.15, 0.2) is 34.7 Å². The molecule has 3 nitrogen and oxygen atoms in total. The van der Waals surface area contributed by atoms with E-state index in [-0.39, 0.29) is 11.5 Å². The largest absolute Gasteiger partial charge is 0.506 e. The van der Waals surface area contributed by atoms with E-state index in [1.165, 1.54) is 0 Å². The Bertz CT molecular complexity index is 902. The summed E-state index contributed by atoms with van der Waals surface area (Å²) in [5.41, 5.74) is 2.97. The monoisotopic (exact) mass is 532 g/mol. The SMILES string of the molecule is CCc1oc2cccc(C)c2c1C(=O)c1cc(I)c(O)c(I)c1. The second kappa shape index (κ2) is 6.43. The highest BCUT2D eigenvalue weighted by atomic mass is 127. The van der Waals surface area contributed by atoms with E-state index >= 15 is 0 Å². The number of aryl methyl sites for hydroxylation is 2. The number of benzene rings is 2. The molecule has 0 spiro atoms. The Morgan fingerprint density at radius 2 is 1.87 bits per heavy atom. The van der Waals surface area contributed by atoms with Crippen LogP contribution in [0.1, 0.15) is 34.2 Å². The lowest BCUT2D eigenvalue weighted by Gasteiger charge is -2.07. The third-order valence-electron chi connectivity index (χ3n) is 3.82. The van der Waals surface area contributed by atoms with Crippen LogP contribution in [0, 0.1) is 14.1 Å². The summed E-state index contributed by atoms with van der Waals surface area (Å²) in [7, 11) is 0. The maximum atomic E-state index is 13.1. The van der Waals surface area contributed by atoms with E-state index in [1.807, 2.05) is 77.2 Å². The van der Waals surface area contributed by atoms with Crippen LogP contribution in [0.25, 0.3) is 11.0 Å². The van der Waals surface area contributed by atoms with Crippen LogP contribution in [-0.2, 0) is 6.42 Å². The normalized spacial score (nSPS) is 11.1. The fraction of sp³-hybridized carbons (Fsp3) is 0.167. The zero-order valence-corrected chi connectivity index (χ0v) is 16.9. The summed E-state index contributed by atoms with van der Waals surface area (Å²) >= 11 is 4.08. The van der Waals surface area contributed by atoms with Gasteiger partial charge in [-0.1, -0.05) is 19.1 Å². The Kier molecular flexibility index (Phi) is 4.68. The molecule has 5 heteroatoms. The molecule has 0 radical (unpaired) electrons. The van der Waals surface area contributed by atoms with Gasteiger partial charge < -0.3 is 9.52 Å². The van der Waals surface area contributed by atoms with Crippen molar-refractivity contribution in [2.75, 3.05) is 0 Å². The van der Waals surface area contributed by atoms with Crippen molar-refractivity contribution in [1.82, 2.24) is 0 Å². The predicted molar refractivity (Wildman–Crippen MR) is 107 cm³/mol. The Balaban J connectivity index is 2.26. The number of phenols is 1. The van der Waals surface area contributed by atoms with Gasteiger partial charge >= 0.3 is 0 Å². The van der Waals surface area contributed by atoms with Gasteiger partial charge in [-0.3, -0.25) is 4.79 Å². The molecule has 118 valence electrons. The van der Waals surface area contributed by atoms with Gasteiger partial charge in [0.2, 0.25) is 0 Å². The van der Waals surface area contributed by atoms with Crippen LogP contribution >= 0.6 is 45.2 Å². The van der Waals surface area contributed by atoms with E-state index in [9.17, 15) is 9.90 Å². The van der Waals surface area contributed by atoms with Crippen LogP contribution in [-0.4, -0.2) is 10.9 Å². The molecule has 0 atom stereocenters. The van der Waals surface area contributed by atoms with Crippen molar-refractivity contribution in [3.63, 3.8) is 0 Å². The van der Waals surface area contributed by atoms with Crippen LogP contribution in [0.5, 0.6) is 5.75 Å². The number of hydrogen-bond donors (Lipinski definition) is 1. The van der Waals surface area contributed by atoms with E-state index < -0.39 is 0 Å². The quantitative estimate of drug-likeness (QED) is 0.361. The number of aromatic hydroxyl groups is 1. The standard InChI is InChI=1S/C18H14I2O3/c1-3-13-16(15-9(2)5-4-6-14(15)23-13)17(21)10-7-11(19)18(22)12(20)8-10/h4-8,22H,3H2,1-2H3. The molecular weight excluding hydrogens is 518 g/mol. The van der Waals surface area contributed by atoms with Crippen LogP contribution in [0.4, 0.5) is 0 Å². The number of halogens is 2. The highest BCUT2D eigenvalue weighted by Crippen LogP contribution is 2.33. The number of hydrogen-bond acceptors (Lipinski definition) is 3. The van der Waals surface area contributed by atoms with Gasteiger partial charge in [-0.05, 0) is 75.9 Å². The lowest BCUT2D eigenvalue weighted by atomic mass is 9.97. The Labute approximate surface area is 161 Å². The van der Waals surface area contributed by atoms with Gasteiger partial charge in [0.05, 0.1) is 12.7 Å². The van der Waals surface area contributed by atoms with Crippen LogP contribution < -0.4 is 0 Å². The van der Waals surface area contributed by atoms with Gasteiger partial charge in [0.1, 0.15) is 17.1 Å². The number of rotatable bonds is 3. The summed E-state index contributed by atoms with van der Waals surface area (Å²) < 4.78 is 7.22. The highest BCUT2D eigenvalue weighted by Gasteiger charge is 2.23. The molecule has 0 aliphatic heterocycles. The van der Waals surface area contributed by atoms with Crippen molar-refractivity contribution in [2.24, 2.45) is 0 Å². The average molecular weight is 532 g/mol. The van der Waals surface area contributed by atoms with E-state index in [0.29, 0.717) is 30.4 Å². The molecule has 0 unspecified atom stereocenters. The summed E-state index contributed by atoms with van der Waals surface area (Å²) in [6.45, 7) is 3.96. The molecule has 0 saturated heterocycles. The average Bonchev–Trinajstić information content (AvgIpc) is 2.91. The molecule has 3 rings (SSSR count). The van der Waals surface area contributed by atoms with Crippen molar-refractivity contribution in [1.29, 1.82) is 0 Å². The molecule has 0 saturated carbocycles. The molecule has 1 N–H and O–H groups in total. The van der Waals surface area contributed by atoms with Crippen molar-refractivity contribution in [2.45, 2.75) is 20.3 Å². The maximum absolute atomic E-state index is 13.1. The lowest BCUT2D eigenvalue weighted by Crippen LogP contribution is -2.05. The minimum atomic E-state index is -0.0641. The molecule has 2 aromatic carbocycles. The number of ketones is 1. The number of carbonyl (C=O) groups excluding carboxylic acids is 1. The van der Waals surface area contributed by atoms with Gasteiger partial charge in [-0.15, -0.1) is 0 Å². The Morgan fingerprint density at radius 3 is 2.48 bits per heavy atom. The van der Waals surface area contributed by atoms with E-state index in [1.54, 1.807) is 12.1 Å². The molecular formula is C18H14I2O3. The number of furan rings is 1. The van der Waals surface area contributed by atoms with Crippen LogP contribution in [0.2, 0.25) is 0 Å². The van der Waals surface area contributed by atoms with Crippen molar-refractivity contribution in [3.8, 4) is 5.75 Å². The van der Waals surface area contributed by atoms with Gasteiger partial charge in [0, 0.05) is 17.4 Å². The van der Waals surface area contributed by atoms with Crippen molar-refractivity contribution < 1.29 is 14.3 Å². The van der Waals surface area contributed by atoms with E-state index in [4.69, 9.17) is 4.42 Å². The molecule has 0 aliphatic carbocycles. The smallest absolute Gasteiger partial charge is 0.197 e. The predicted octanol–water partition coefficient (Wildman–Crippen LogP) is 5.45. The first kappa shape index (κ1) is 16.8. The van der Waals surface area contributed by atoms with Crippen molar-refractivity contribution in [3.05, 3.63) is 59.9 Å². The van der Waals surface area contributed by atoms with Gasteiger partial charge in [0.25, 0.3) is 0 Å². The third-order valence-corrected chi connectivity index (χ3v) is 5.47. The fourth-order valence-electron chi connectivity index (χ4n) is 2.70.